The highest BCUT2D eigenvalue weighted by molar-refractivity contribution is 7.16. The first-order chi connectivity index (χ1) is 20.5. The number of aryl methyl sites for hydroxylation is 1. The molecule has 43 heavy (non-hydrogen) atoms. The Morgan fingerprint density at radius 2 is 1.86 bits per heavy atom. The molecule has 228 valence electrons. The molecule has 2 aromatic carbocycles. The number of piperazine rings is 1. The summed E-state index contributed by atoms with van der Waals surface area (Å²) in [4.78, 5) is 33.8. The lowest BCUT2D eigenvalue weighted by molar-refractivity contribution is -0.137. The monoisotopic (exact) mass is 616 g/mol. The number of methoxy groups -OCH3 is 1. The Morgan fingerprint density at radius 1 is 1.09 bits per heavy atom. The fourth-order valence-electron chi connectivity index (χ4n) is 4.73. The number of thiazole rings is 1. The van der Waals surface area contributed by atoms with E-state index in [1.165, 1.54) is 18.4 Å². The van der Waals surface area contributed by atoms with Crippen LogP contribution in [-0.2, 0) is 10.9 Å². The van der Waals surface area contributed by atoms with Crippen LogP contribution in [0, 0.1) is 6.92 Å². The molecule has 2 aliphatic rings. The third-order valence-electron chi connectivity index (χ3n) is 7.15. The summed E-state index contributed by atoms with van der Waals surface area (Å²) in [6.07, 6.45) is -1.85. The maximum Gasteiger partial charge on any atom is 0.416 e. The third-order valence-corrected chi connectivity index (χ3v) is 8.10. The summed E-state index contributed by atoms with van der Waals surface area (Å²) in [6.45, 7) is 7.51. The van der Waals surface area contributed by atoms with Gasteiger partial charge in [0.1, 0.15) is 0 Å². The molecule has 1 fully saturated rings. The maximum absolute atomic E-state index is 13.8. The summed E-state index contributed by atoms with van der Waals surface area (Å²) in [6, 6.07) is 8.70. The number of carbonyl (C=O) groups is 2. The first kappa shape index (κ1) is 30.1. The summed E-state index contributed by atoms with van der Waals surface area (Å²) < 4.78 is 46.0. The van der Waals surface area contributed by atoms with Gasteiger partial charge in [0.15, 0.2) is 5.13 Å². The van der Waals surface area contributed by atoms with E-state index in [0.29, 0.717) is 35.3 Å². The number of nitrogens with one attached hydrogen (secondary N) is 4. The molecular formula is C28H31F3N8O3S. The van der Waals surface area contributed by atoms with Gasteiger partial charge in [-0.3, -0.25) is 15.1 Å². The van der Waals surface area contributed by atoms with Crippen molar-refractivity contribution < 1.29 is 27.5 Å². The van der Waals surface area contributed by atoms with Gasteiger partial charge in [0.05, 0.1) is 28.9 Å². The molecule has 1 aromatic heterocycles. The Hall–Kier alpha value is -4.34. The van der Waals surface area contributed by atoms with Crippen molar-refractivity contribution in [2.45, 2.75) is 20.0 Å². The van der Waals surface area contributed by atoms with Gasteiger partial charge in [0, 0.05) is 55.5 Å². The van der Waals surface area contributed by atoms with Gasteiger partial charge in [-0.1, -0.05) is 24.3 Å². The highest BCUT2D eigenvalue weighted by Gasteiger charge is 2.32. The van der Waals surface area contributed by atoms with Crippen molar-refractivity contribution in [2.75, 3.05) is 60.4 Å². The van der Waals surface area contributed by atoms with Crippen molar-refractivity contribution in [3.63, 3.8) is 0 Å². The summed E-state index contributed by atoms with van der Waals surface area (Å²) in [5.74, 6) is -0.542. The summed E-state index contributed by atoms with van der Waals surface area (Å²) in [5.41, 5.74) is 8.13. The normalized spacial score (nSPS) is 15.6. The zero-order valence-corrected chi connectivity index (χ0v) is 24.5. The zero-order chi connectivity index (χ0) is 30.7. The molecule has 3 aromatic rings. The van der Waals surface area contributed by atoms with Crippen LogP contribution >= 0.6 is 11.3 Å². The summed E-state index contributed by atoms with van der Waals surface area (Å²) in [7, 11) is 1.26. The van der Waals surface area contributed by atoms with E-state index in [-0.39, 0.29) is 11.3 Å². The fraction of sp³-hybridized carbons (Fsp3) is 0.321. The largest absolute Gasteiger partial charge is 0.453 e. The van der Waals surface area contributed by atoms with E-state index in [0.717, 1.165) is 42.2 Å². The first-order valence-corrected chi connectivity index (χ1v) is 14.3. The Labute approximate surface area is 250 Å². The van der Waals surface area contributed by atoms with Crippen molar-refractivity contribution in [1.29, 1.82) is 0 Å². The van der Waals surface area contributed by atoms with Gasteiger partial charge in [0.2, 0.25) is 0 Å². The predicted molar refractivity (Wildman–Crippen MR) is 160 cm³/mol. The molecule has 0 radical (unpaired) electrons. The number of alkyl halides is 3. The Kier molecular flexibility index (Phi) is 8.75. The SMILES string of the molecule is CCN1CCN(c2cc(NC(=O)c3ccc(C)c(N4C=C(c5cnc(NC(=O)OC)s5)NN4)c3)cc(C(F)(F)F)c2)CC1. The number of aromatic nitrogens is 1. The van der Waals surface area contributed by atoms with Crippen molar-refractivity contribution in [3.8, 4) is 0 Å². The van der Waals surface area contributed by atoms with Gasteiger partial charge in [-0.25, -0.2) is 9.78 Å². The lowest BCUT2D eigenvalue weighted by Gasteiger charge is -2.36. The van der Waals surface area contributed by atoms with Crippen molar-refractivity contribution in [3.05, 3.63) is 70.4 Å². The number of nitrogens with zero attached hydrogens (tertiary/aromatic N) is 4. The minimum atomic E-state index is -4.57. The molecule has 3 heterocycles. The van der Waals surface area contributed by atoms with Crippen LogP contribution in [0.2, 0.25) is 0 Å². The molecule has 0 saturated carbocycles. The number of likely N-dealkylation sites (N-methyl/N-ethyl adjacent to an activating group) is 1. The van der Waals surface area contributed by atoms with Crippen LogP contribution in [0.4, 0.5) is 40.2 Å². The quantitative estimate of drug-likeness (QED) is 0.295. The number of carbonyl (C=O) groups excluding carboxylic acids is 2. The zero-order valence-electron chi connectivity index (χ0n) is 23.7. The number of ether oxygens (including phenoxy) is 1. The average Bonchev–Trinajstić information content (AvgIpc) is 3.67. The minimum absolute atomic E-state index is 0.0691. The molecule has 0 atom stereocenters. The summed E-state index contributed by atoms with van der Waals surface area (Å²) >= 11 is 1.23. The van der Waals surface area contributed by atoms with Crippen LogP contribution in [0.5, 0.6) is 0 Å². The van der Waals surface area contributed by atoms with Crippen molar-refractivity contribution >= 4 is 51.2 Å². The average molecular weight is 617 g/mol. The number of benzene rings is 2. The lowest BCUT2D eigenvalue weighted by Crippen LogP contribution is -2.46. The summed E-state index contributed by atoms with van der Waals surface area (Å²) in [5, 5.41) is 7.21. The number of amides is 2. The van der Waals surface area contributed by atoms with Gasteiger partial charge in [-0.2, -0.15) is 13.2 Å². The highest BCUT2D eigenvalue weighted by Crippen LogP contribution is 2.35. The second-order valence-electron chi connectivity index (χ2n) is 9.94. The number of hydrogen-bond acceptors (Lipinski definition) is 10. The van der Waals surface area contributed by atoms with Crippen LogP contribution in [0.25, 0.3) is 5.70 Å². The van der Waals surface area contributed by atoms with Gasteiger partial charge in [0.25, 0.3) is 5.91 Å². The van der Waals surface area contributed by atoms with E-state index < -0.39 is 23.7 Å². The molecule has 2 aliphatic heterocycles. The van der Waals surface area contributed by atoms with Crippen LogP contribution in [-0.4, -0.2) is 61.7 Å². The molecule has 0 unspecified atom stereocenters. The van der Waals surface area contributed by atoms with Crippen molar-refractivity contribution in [2.24, 2.45) is 0 Å². The van der Waals surface area contributed by atoms with Gasteiger partial charge < -0.3 is 25.3 Å². The Balaban J connectivity index is 1.34. The van der Waals surface area contributed by atoms with E-state index in [4.69, 9.17) is 0 Å². The molecule has 1 saturated heterocycles. The lowest BCUT2D eigenvalue weighted by atomic mass is 10.1. The number of anilines is 4. The molecule has 11 nitrogen and oxygen atoms in total. The van der Waals surface area contributed by atoms with Crippen LogP contribution < -0.4 is 31.5 Å². The van der Waals surface area contributed by atoms with E-state index in [2.05, 4.69) is 43.1 Å². The number of hydrogen-bond donors (Lipinski definition) is 4. The molecule has 2 amide bonds. The first-order valence-electron chi connectivity index (χ1n) is 13.5. The highest BCUT2D eigenvalue weighted by atomic mass is 32.1. The molecule has 0 bridgehead atoms. The maximum atomic E-state index is 13.8. The van der Waals surface area contributed by atoms with Crippen molar-refractivity contribution in [1.82, 2.24) is 20.8 Å². The molecule has 0 aliphatic carbocycles. The van der Waals surface area contributed by atoms with Gasteiger partial charge in [-0.15, -0.1) is 5.53 Å². The fourth-order valence-corrected chi connectivity index (χ4v) is 5.50. The van der Waals surface area contributed by atoms with Gasteiger partial charge >= 0.3 is 12.3 Å². The number of hydrazine groups is 2. The van der Waals surface area contributed by atoms with E-state index in [1.807, 2.05) is 11.8 Å². The Bertz CT molecular complexity index is 1540. The molecule has 15 heteroatoms. The van der Waals surface area contributed by atoms with Crippen LogP contribution in [0.3, 0.4) is 0 Å². The molecule has 5 rings (SSSR count). The second kappa shape index (κ2) is 12.5. The van der Waals surface area contributed by atoms with E-state index in [9.17, 15) is 22.8 Å². The molecule has 4 N–H and O–H groups in total. The van der Waals surface area contributed by atoms with Gasteiger partial charge in [-0.05, 0) is 49.4 Å². The second-order valence-corrected chi connectivity index (χ2v) is 11.0. The van der Waals surface area contributed by atoms with E-state index >= 15 is 0 Å². The minimum Gasteiger partial charge on any atom is -0.453 e. The predicted octanol–water partition coefficient (Wildman–Crippen LogP) is 4.87. The smallest absolute Gasteiger partial charge is 0.416 e. The number of halogens is 3. The topological polar surface area (TPSA) is 114 Å². The number of rotatable bonds is 7. The van der Waals surface area contributed by atoms with Crippen LogP contribution in [0.15, 0.2) is 48.8 Å². The Morgan fingerprint density at radius 3 is 2.56 bits per heavy atom. The third kappa shape index (κ3) is 7.01. The molecule has 0 spiro atoms. The molecular weight excluding hydrogens is 585 g/mol. The standard InChI is InChI=1S/C28H31F3N8O3S/c1-4-37-7-9-38(10-8-37)21-13-19(28(29,30)31)12-20(14-21)33-25(40)18-6-5-17(2)23(11-18)39-16-22(35-36-39)24-15-32-26(43-24)34-27(41)42-3/h5-6,11-16,35-36H,4,7-10H2,1-3H3,(H,33,40)(H,32,34,41). The van der Waals surface area contributed by atoms with Crippen LogP contribution in [0.1, 0.15) is 33.3 Å². The van der Waals surface area contributed by atoms with E-state index in [1.54, 1.807) is 41.7 Å².